The lowest BCUT2D eigenvalue weighted by Gasteiger charge is -2.28. The third-order valence-electron chi connectivity index (χ3n) is 3.31. The van der Waals surface area contributed by atoms with Crippen LogP contribution in [0.1, 0.15) is 33.1 Å². The Bertz CT molecular complexity index is 304. The minimum Gasteiger partial charge on any atom is -0.393 e. The molecular weight excluding hydrogens is 262 g/mol. The number of nitrogens with two attached hydrogens (primary N) is 1. The molecule has 1 aliphatic heterocycles. The quantitative estimate of drug-likeness (QED) is 0.674. The minimum atomic E-state index is 0.0727. The Labute approximate surface area is 120 Å². The number of carbonyl (C=O) groups is 1. The Morgan fingerprint density at radius 1 is 1.47 bits per heavy atom. The SMILES string of the molecule is CC(C)N(CCC(N)=S)CC(=O)NC1CCOCC1. The van der Waals surface area contributed by atoms with Gasteiger partial charge in [0, 0.05) is 38.3 Å². The van der Waals surface area contributed by atoms with E-state index in [4.69, 9.17) is 22.7 Å². The summed E-state index contributed by atoms with van der Waals surface area (Å²) in [6, 6.07) is 0.556. The first-order valence-electron chi connectivity index (χ1n) is 6.88. The van der Waals surface area contributed by atoms with Crippen molar-refractivity contribution in [2.24, 2.45) is 5.73 Å². The van der Waals surface area contributed by atoms with Gasteiger partial charge >= 0.3 is 0 Å². The van der Waals surface area contributed by atoms with Crippen molar-refractivity contribution in [1.82, 2.24) is 10.2 Å². The molecule has 0 unspecified atom stereocenters. The zero-order valence-electron chi connectivity index (χ0n) is 11.9. The molecule has 0 aromatic heterocycles. The number of hydrogen-bond donors (Lipinski definition) is 2. The van der Waals surface area contributed by atoms with Crippen molar-refractivity contribution in [2.75, 3.05) is 26.3 Å². The molecule has 1 fully saturated rings. The minimum absolute atomic E-state index is 0.0727. The van der Waals surface area contributed by atoms with Crippen LogP contribution < -0.4 is 11.1 Å². The fraction of sp³-hybridized carbons (Fsp3) is 0.846. The van der Waals surface area contributed by atoms with Gasteiger partial charge in [-0.05, 0) is 26.7 Å². The van der Waals surface area contributed by atoms with Gasteiger partial charge in [0.1, 0.15) is 0 Å². The van der Waals surface area contributed by atoms with Gasteiger partial charge in [0.15, 0.2) is 0 Å². The van der Waals surface area contributed by atoms with E-state index in [-0.39, 0.29) is 11.9 Å². The summed E-state index contributed by atoms with van der Waals surface area (Å²) in [5.74, 6) is 0.0727. The maximum atomic E-state index is 12.0. The summed E-state index contributed by atoms with van der Waals surface area (Å²) >= 11 is 4.88. The van der Waals surface area contributed by atoms with Crippen LogP contribution in [-0.4, -0.2) is 54.2 Å². The second kappa shape index (κ2) is 8.45. The Balaban J connectivity index is 2.35. The first-order valence-corrected chi connectivity index (χ1v) is 7.29. The second-order valence-electron chi connectivity index (χ2n) is 5.23. The fourth-order valence-corrected chi connectivity index (χ4v) is 2.16. The highest BCUT2D eigenvalue weighted by Crippen LogP contribution is 2.06. The van der Waals surface area contributed by atoms with Gasteiger partial charge in [-0.1, -0.05) is 12.2 Å². The summed E-state index contributed by atoms with van der Waals surface area (Å²) in [6.45, 7) is 6.75. The second-order valence-corrected chi connectivity index (χ2v) is 5.76. The van der Waals surface area contributed by atoms with Crippen LogP contribution in [0, 0.1) is 0 Å². The lowest BCUT2D eigenvalue weighted by molar-refractivity contribution is -0.124. The van der Waals surface area contributed by atoms with E-state index in [1.54, 1.807) is 0 Å². The molecule has 1 amide bonds. The highest BCUT2D eigenvalue weighted by atomic mass is 32.1. The van der Waals surface area contributed by atoms with Crippen molar-refractivity contribution >= 4 is 23.1 Å². The molecule has 0 aromatic rings. The van der Waals surface area contributed by atoms with Crippen LogP contribution in [0.4, 0.5) is 0 Å². The van der Waals surface area contributed by atoms with Crippen LogP contribution in [0.5, 0.6) is 0 Å². The van der Waals surface area contributed by atoms with E-state index >= 15 is 0 Å². The third kappa shape index (κ3) is 6.84. The number of rotatable bonds is 7. The molecule has 0 aliphatic carbocycles. The van der Waals surface area contributed by atoms with Crippen molar-refractivity contribution < 1.29 is 9.53 Å². The molecule has 1 heterocycles. The van der Waals surface area contributed by atoms with Crippen molar-refractivity contribution in [1.29, 1.82) is 0 Å². The molecule has 0 spiro atoms. The highest BCUT2D eigenvalue weighted by Gasteiger charge is 2.19. The molecule has 0 saturated carbocycles. The molecular formula is C13H25N3O2S. The van der Waals surface area contributed by atoms with Crippen LogP contribution in [0.25, 0.3) is 0 Å². The lowest BCUT2D eigenvalue weighted by Crippen LogP contribution is -2.46. The number of hydrogen-bond acceptors (Lipinski definition) is 4. The number of nitrogens with one attached hydrogen (secondary N) is 1. The van der Waals surface area contributed by atoms with E-state index in [9.17, 15) is 4.79 Å². The summed E-state index contributed by atoms with van der Waals surface area (Å²) in [5.41, 5.74) is 5.51. The van der Waals surface area contributed by atoms with Gasteiger partial charge < -0.3 is 15.8 Å². The molecule has 5 nitrogen and oxygen atoms in total. The molecule has 1 saturated heterocycles. The van der Waals surface area contributed by atoms with Crippen LogP contribution in [-0.2, 0) is 9.53 Å². The normalized spacial score (nSPS) is 16.8. The summed E-state index contributed by atoms with van der Waals surface area (Å²) in [7, 11) is 0. The zero-order valence-corrected chi connectivity index (χ0v) is 12.7. The van der Waals surface area contributed by atoms with Gasteiger partial charge in [0.2, 0.25) is 5.91 Å². The molecule has 3 N–H and O–H groups in total. The molecule has 110 valence electrons. The molecule has 0 atom stereocenters. The highest BCUT2D eigenvalue weighted by molar-refractivity contribution is 7.80. The number of ether oxygens (including phenoxy) is 1. The first kappa shape index (κ1) is 16.3. The molecule has 0 bridgehead atoms. The smallest absolute Gasteiger partial charge is 0.234 e. The molecule has 19 heavy (non-hydrogen) atoms. The number of nitrogens with zero attached hydrogens (tertiary/aromatic N) is 1. The third-order valence-corrected chi connectivity index (χ3v) is 3.51. The van der Waals surface area contributed by atoms with Crippen LogP contribution in [0.15, 0.2) is 0 Å². The largest absolute Gasteiger partial charge is 0.393 e. The summed E-state index contributed by atoms with van der Waals surface area (Å²) in [6.07, 6.45) is 2.46. The lowest BCUT2D eigenvalue weighted by atomic mass is 10.1. The predicted octanol–water partition coefficient (Wildman–Crippen LogP) is 0.668. The predicted molar refractivity (Wildman–Crippen MR) is 80.1 cm³/mol. The van der Waals surface area contributed by atoms with Crippen molar-refractivity contribution in [3.63, 3.8) is 0 Å². The molecule has 6 heteroatoms. The monoisotopic (exact) mass is 287 g/mol. The Morgan fingerprint density at radius 2 is 2.11 bits per heavy atom. The molecule has 0 radical (unpaired) electrons. The Morgan fingerprint density at radius 3 is 2.63 bits per heavy atom. The van der Waals surface area contributed by atoms with Crippen LogP contribution in [0.2, 0.25) is 0 Å². The number of carbonyl (C=O) groups excluding carboxylic acids is 1. The van der Waals surface area contributed by atoms with Gasteiger partial charge in [0.05, 0.1) is 11.5 Å². The van der Waals surface area contributed by atoms with Crippen LogP contribution >= 0.6 is 12.2 Å². The summed E-state index contributed by atoms with van der Waals surface area (Å²) in [4.78, 5) is 14.6. The van der Waals surface area contributed by atoms with Crippen molar-refractivity contribution in [2.45, 2.75) is 45.2 Å². The topological polar surface area (TPSA) is 67.6 Å². The van der Waals surface area contributed by atoms with E-state index in [0.717, 1.165) is 32.6 Å². The Kier molecular flexibility index (Phi) is 7.27. The van der Waals surface area contributed by atoms with E-state index in [1.165, 1.54) is 0 Å². The summed E-state index contributed by atoms with van der Waals surface area (Å²) < 4.78 is 5.28. The summed E-state index contributed by atoms with van der Waals surface area (Å²) in [5, 5.41) is 3.07. The van der Waals surface area contributed by atoms with E-state index in [0.29, 0.717) is 24.0 Å². The maximum Gasteiger partial charge on any atom is 0.234 e. The van der Waals surface area contributed by atoms with Crippen molar-refractivity contribution in [3.8, 4) is 0 Å². The standard InChI is InChI=1S/C13H25N3O2S/c1-10(2)16(6-3-12(14)19)9-13(17)15-11-4-7-18-8-5-11/h10-11H,3-9H2,1-2H3,(H2,14,19)(H,15,17). The van der Waals surface area contributed by atoms with E-state index < -0.39 is 0 Å². The van der Waals surface area contributed by atoms with Gasteiger partial charge in [-0.25, -0.2) is 0 Å². The van der Waals surface area contributed by atoms with Gasteiger partial charge in [0.25, 0.3) is 0 Å². The van der Waals surface area contributed by atoms with E-state index in [2.05, 4.69) is 24.1 Å². The number of amides is 1. The van der Waals surface area contributed by atoms with Gasteiger partial charge in [-0.3, -0.25) is 9.69 Å². The molecule has 1 aliphatic rings. The first-order chi connectivity index (χ1) is 8.99. The van der Waals surface area contributed by atoms with Gasteiger partial charge in [-0.2, -0.15) is 0 Å². The van der Waals surface area contributed by atoms with E-state index in [1.807, 2.05) is 0 Å². The molecule has 0 aromatic carbocycles. The maximum absolute atomic E-state index is 12.0. The van der Waals surface area contributed by atoms with Gasteiger partial charge in [-0.15, -0.1) is 0 Å². The Hall–Kier alpha value is -0.720. The van der Waals surface area contributed by atoms with Crippen molar-refractivity contribution in [3.05, 3.63) is 0 Å². The average Bonchev–Trinajstić information content (AvgIpc) is 2.35. The fourth-order valence-electron chi connectivity index (χ4n) is 2.07. The molecule has 1 rings (SSSR count). The number of thiocarbonyl (C=S) groups is 1. The zero-order chi connectivity index (χ0) is 14.3. The average molecular weight is 287 g/mol. The van der Waals surface area contributed by atoms with Crippen LogP contribution in [0.3, 0.4) is 0 Å².